The summed E-state index contributed by atoms with van der Waals surface area (Å²) in [6.07, 6.45) is 0. The first-order valence-corrected chi connectivity index (χ1v) is 5.64. The van der Waals surface area contributed by atoms with Crippen molar-refractivity contribution in [2.45, 2.75) is 19.9 Å². The molecule has 1 aromatic rings. The van der Waals surface area contributed by atoms with E-state index in [1.165, 1.54) is 5.56 Å². The number of hydrogen-bond acceptors (Lipinski definition) is 2. The van der Waals surface area contributed by atoms with Crippen molar-refractivity contribution in [1.82, 2.24) is 5.32 Å². The minimum absolute atomic E-state index is 0.241. The van der Waals surface area contributed by atoms with Gasteiger partial charge < -0.3 is 10.1 Å². The smallest absolute Gasteiger partial charge is 0.0662 e. The van der Waals surface area contributed by atoms with Crippen LogP contribution in [-0.4, -0.2) is 19.8 Å². The Morgan fingerprint density at radius 1 is 1.40 bits per heavy atom. The topological polar surface area (TPSA) is 21.3 Å². The summed E-state index contributed by atoms with van der Waals surface area (Å²) < 4.78 is 5.45. The Morgan fingerprint density at radius 3 is 2.87 bits per heavy atom. The standard InChI is InChI=1S/C12H16ClNO/c1-8-5-9(2)12(13)10(6-8)11-7-15-4-3-14-11/h5-6,11,14H,3-4,7H2,1-2H3. The highest BCUT2D eigenvalue weighted by Gasteiger charge is 2.18. The van der Waals surface area contributed by atoms with Crippen LogP contribution in [0.15, 0.2) is 12.1 Å². The maximum absolute atomic E-state index is 6.30. The molecule has 1 N–H and O–H groups in total. The van der Waals surface area contributed by atoms with Gasteiger partial charge in [-0.15, -0.1) is 0 Å². The number of halogens is 1. The number of ether oxygens (including phenoxy) is 1. The average molecular weight is 226 g/mol. The highest BCUT2D eigenvalue weighted by molar-refractivity contribution is 6.32. The second kappa shape index (κ2) is 4.52. The number of morpholine rings is 1. The number of rotatable bonds is 1. The lowest BCUT2D eigenvalue weighted by Crippen LogP contribution is -2.34. The van der Waals surface area contributed by atoms with Crippen LogP contribution in [0.25, 0.3) is 0 Å². The minimum Gasteiger partial charge on any atom is -0.378 e. The van der Waals surface area contributed by atoms with E-state index in [-0.39, 0.29) is 6.04 Å². The van der Waals surface area contributed by atoms with Gasteiger partial charge in [-0.25, -0.2) is 0 Å². The summed E-state index contributed by atoms with van der Waals surface area (Å²) >= 11 is 6.30. The van der Waals surface area contributed by atoms with Crippen LogP contribution in [0.1, 0.15) is 22.7 Å². The van der Waals surface area contributed by atoms with Gasteiger partial charge >= 0.3 is 0 Å². The highest BCUT2D eigenvalue weighted by atomic mass is 35.5. The Kier molecular flexibility index (Phi) is 3.29. The van der Waals surface area contributed by atoms with Gasteiger partial charge in [0.15, 0.2) is 0 Å². The molecule has 1 aromatic carbocycles. The second-order valence-corrected chi connectivity index (χ2v) is 4.44. The van der Waals surface area contributed by atoms with Crippen molar-refractivity contribution in [1.29, 1.82) is 0 Å². The first-order chi connectivity index (χ1) is 7.18. The molecule has 0 bridgehead atoms. The molecule has 1 unspecified atom stereocenters. The first-order valence-electron chi connectivity index (χ1n) is 5.26. The lowest BCUT2D eigenvalue weighted by Gasteiger charge is -2.25. The summed E-state index contributed by atoms with van der Waals surface area (Å²) in [5.74, 6) is 0. The van der Waals surface area contributed by atoms with Gasteiger partial charge in [0.1, 0.15) is 0 Å². The molecule has 0 radical (unpaired) electrons. The predicted molar refractivity (Wildman–Crippen MR) is 62.5 cm³/mol. The fourth-order valence-electron chi connectivity index (χ4n) is 2.00. The van der Waals surface area contributed by atoms with E-state index in [0.29, 0.717) is 6.61 Å². The molecule has 0 saturated carbocycles. The van der Waals surface area contributed by atoms with Crippen LogP contribution >= 0.6 is 11.6 Å². The zero-order chi connectivity index (χ0) is 10.8. The third-order valence-corrected chi connectivity index (χ3v) is 3.24. The zero-order valence-corrected chi connectivity index (χ0v) is 9.90. The minimum atomic E-state index is 0.241. The average Bonchev–Trinajstić information content (AvgIpc) is 2.24. The maximum atomic E-state index is 6.30. The highest BCUT2D eigenvalue weighted by Crippen LogP contribution is 2.28. The van der Waals surface area contributed by atoms with Crippen molar-refractivity contribution in [2.75, 3.05) is 19.8 Å². The van der Waals surface area contributed by atoms with E-state index in [1.54, 1.807) is 0 Å². The third-order valence-electron chi connectivity index (χ3n) is 2.72. The number of hydrogen-bond donors (Lipinski definition) is 1. The zero-order valence-electron chi connectivity index (χ0n) is 9.14. The van der Waals surface area contributed by atoms with E-state index in [0.717, 1.165) is 29.3 Å². The van der Waals surface area contributed by atoms with E-state index >= 15 is 0 Å². The largest absolute Gasteiger partial charge is 0.378 e. The fraction of sp³-hybridized carbons (Fsp3) is 0.500. The lowest BCUT2D eigenvalue weighted by atomic mass is 10.0. The summed E-state index contributed by atoms with van der Waals surface area (Å²) in [4.78, 5) is 0. The van der Waals surface area contributed by atoms with E-state index in [4.69, 9.17) is 16.3 Å². The Hall–Kier alpha value is -0.570. The van der Waals surface area contributed by atoms with Crippen molar-refractivity contribution < 1.29 is 4.74 Å². The molecule has 1 atom stereocenters. The van der Waals surface area contributed by atoms with E-state index in [1.807, 2.05) is 6.92 Å². The molecule has 2 nitrogen and oxygen atoms in total. The number of benzene rings is 1. The maximum Gasteiger partial charge on any atom is 0.0662 e. The molecule has 82 valence electrons. The summed E-state index contributed by atoms with van der Waals surface area (Å²) in [6, 6.07) is 4.49. The molecule has 1 aliphatic rings. The molecule has 0 aliphatic carbocycles. The Balaban J connectivity index is 2.33. The second-order valence-electron chi connectivity index (χ2n) is 4.07. The monoisotopic (exact) mass is 225 g/mol. The molecule has 0 amide bonds. The molecule has 1 saturated heterocycles. The normalized spacial score (nSPS) is 21.7. The van der Waals surface area contributed by atoms with Gasteiger partial charge in [-0.2, -0.15) is 0 Å². The van der Waals surface area contributed by atoms with Gasteiger partial charge in [0.2, 0.25) is 0 Å². The Bertz CT molecular complexity index is 359. The summed E-state index contributed by atoms with van der Waals surface area (Å²) in [7, 11) is 0. The Morgan fingerprint density at radius 2 is 2.20 bits per heavy atom. The van der Waals surface area contributed by atoms with Crippen molar-refractivity contribution in [3.63, 3.8) is 0 Å². The molecular formula is C12H16ClNO. The molecular weight excluding hydrogens is 210 g/mol. The molecule has 1 fully saturated rings. The van der Waals surface area contributed by atoms with Gasteiger partial charge in [-0.1, -0.05) is 29.3 Å². The van der Waals surface area contributed by atoms with Crippen molar-refractivity contribution in [3.8, 4) is 0 Å². The summed E-state index contributed by atoms with van der Waals surface area (Å²) in [5.41, 5.74) is 3.55. The van der Waals surface area contributed by atoms with Crippen molar-refractivity contribution in [2.24, 2.45) is 0 Å². The first kappa shape index (κ1) is 10.9. The number of nitrogens with one attached hydrogen (secondary N) is 1. The van der Waals surface area contributed by atoms with Gasteiger partial charge in [0.25, 0.3) is 0 Å². The van der Waals surface area contributed by atoms with Crippen LogP contribution < -0.4 is 5.32 Å². The molecule has 15 heavy (non-hydrogen) atoms. The molecule has 0 aromatic heterocycles. The molecule has 0 spiro atoms. The van der Waals surface area contributed by atoms with Crippen LogP contribution in [-0.2, 0) is 4.74 Å². The Labute approximate surface area is 95.6 Å². The summed E-state index contributed by atoms with van der Waals surface area (Å²) in [6.45, 7) is 6.54. The van der Waals surface area contributed by atoms with E-state index in [2.05, 4.69) is 24.4 Å². The quantitative estimate of drug-likeness (QED) is 0.794. The van der Waals surface area contributed by atoms with Gasteiger partial charge in [-0.3, -0.25) is 0 Å². The van der Waals surface area contributed by atoms with Gasteiger partial charge in [-0.05, 0) is 25.0 Å². The van der Waals surface area contributed by atoms with E-state index in [9.17, 15) is 0 Å². The van der Waals surface area contributed by atoms with Gasteiger partial charge in [0.05, 0.1) is 19.3 Å². The van der Waals surface area contributed by atoms with Crippen molar-refractivity contribution >= 4 is 11.6 Å². The molecule has 1 heterocycles. The fourth-order valence-corrected chi connectivity index (χ4v) is 2.24. The summed E-state index contributed by atoms with van der Waals surface area (Å²) in [5, 5.41) is 4.29. The van der Waals surface area contributed by atoms with Crippen LogP contribution in [0.3, 0.4) is 0 Å². The lowest BCUT2D eigenvalue weighted by molar-refractivity contribution is 0.0769. The van der Waals surface area contributed by atoms with Crippen LogP contribution in [0.2, 0.25) is 5.02 Å². The van der Waals surface area contributed by atoms with Crippen LogP contribution in [0.5, 0.6) is 0 Å². The van der Waals surface area contributed by atoms with Crippen LogP contribution in [0.4, 0.5) is 0 Å². The predicted octanol–water partition coefficient (Wildman–Crippen LogP) is 2.62. The third kappa shape index (κ3) is 2.33. The molecule has 1 aliphatic heterocycles. The molecule has 2 rings (SSSR count). The SMILES string of the molecule is Cc1cc(C)c(Cl)c(C2COCCN2)c1. The number of aryl methyl sites for hydroxylation is 2. The molecule has 3 heteroatoms. The van der Waals surface area contributed by atoms with Gasteiger partial charge in [0, 0.05) is 11.6 Å². The van der Waals surface area contributed by atoms with E-state index < -0.39 is 0 Å². The van der Waals surface area contributed by atoms with Crippen LogP contribution in [0, 0.1) is 13.8 Å². The van der Waals surface area contributed by atoms with Crippen molar-refractivity contribution in [3.05, 3.63) is 33.8 Å².